The second kappa shape index (κ2) is 6.17. The molecule has 1 aromatic heterocycles. The number of nitrogens with zero attached hydrogens (tertiary/aromatic N) is 1. The van der Waals surface area contributed by atoms with E-state index < -0.39 is 0 Å². The molecule has 0 spiro atoms. The molecule has 2 atom stereocenters. The van der Waals surface area contributed by atoms with Gasteiger partial charge in [0.05, 0.1) is 11.1 Å². The first-order chi connectivity index (χ1) is 11.6. The van der Waals surface area contributed by atoms with Crippen molar-refractivity contribution >= 4 is 16.8 Å². The Morgan fingerprint density at radius 3 is 2.83 bits per heavy atom. The summed E-state index contributed by atoms with van der Waals surface area (Å²) in [6.07, 6.45) is 3.48. The molecule has 1 amide bonds. The Hall–Kier alpha value is -1.94. The van der Waals surface area contributed by atoms with Crippen molar-refractivity contribution in [2.45, 2.75) is 45.1 Å². The zero-order chi connectivity index (χ0) is 16.7. The minimum absolute atomic E-state index is 0.0375. The second-order valence-corrected chi connectivity index (χ2v) is 7.44. The van der Waals surface area contributed by atoms with Gasteiger partial charge in [-0.1, -0.05) is 18.6 Å². The number of carbonyl (C=O) groups is 1. The molecule has 1 aromatic carbocycles. The first-order valence-corrected chi connectivity index (χ1v) is 9.04. The Kier molecular flexibility index (Phi) is 4.01. The van der Waals surface area contributed by atoms with Crippen LogP contribution in [0, 0.1) is 12.8 Å². The number of aryl methyl sites for hydroxylation is 1. The molecule has 0 bridgehead atoms. The third-order valence-corrected chi connectivity index (χ3v) is 5.37. The van der Waals surface area contributed by atoms with E-state index in [4.69, 9.17) is 4.98 Å². The van der Waals surface area contributed by atoms with Crippen molar-refractivity contribution in [2.24, 2.45) is 5.92 Å². The average molecular weight is 323 g/mol. The van der Waals surface area contributed by atoms with Gasteiger partial charge < -0.3 is 10.6 Å². The normalized spacial score (nSPS) is 24.1. The van der Waals surface area contributed by atoms with E-state index in [1.54, 1.807) is 0 Å². The van der Waals surface area contributed by atoms with Crippen LogP contribution in [-0.4, -0.2) is 30.0 Å². The lowest BCUT2D eigenvalue weighted by atomic mass is 9.94. The fourth-order valence-electron chi connectivity index (χ4n) is 3.57. The number of piperidine rings is 1. The van der Waals surface area contributed by atoms with E-state index in [9.17, 15) is 4.79 Å². The molecule has 1 saturated carbocycles. The summed E-state index contributed by atoms with van der Waals surface area (Å²) >= 11 is 0. The number of benzene rings is 1. The Morgan fingerprint density at radius 2 is 2.08 bits per heavy atom. The SMILES string of the molecule is Cc1ccc2nc(C3CC3)cc(C(=O)NC3CNCCC3C)c2c1. The molecule has 4 nitrogen and oxygen atoms in total. The van der Waals surface area contributed by atoms with Crippen LogP contribution in [0.5, 0.6) is 0 Å². The van der Waals surface area contributed by atoms with Crippen molar-refractivity contribution in [3.63, 3.8) is 0 Å². The Balaban J connectivity index is 1.70. The molecule has 2 aliphatic rings. The zero-order valence-corrected chi connectivity index (χ0v) is 14.4. The lowest BCUT2D eigenvalue weighted by Gasteiger charge is -2.30. The number of rotatable bonds is 3. The van der Waals surface area contributed by atoms with Gasteiger partial charge in [-0.2, -0.15) is 0 Å². The van der Waals surface area contributed by atoms with E-state index in [2.05, 4.69) is 36.6 Å². The van der Waals surface area contributed by atoms with Gasteiger partial charge in [-0.3, -0.25) is 9.78 Å². The summed E-state index contributed by atoms with van der Waals surface area (Å²) < 4.78 is 0. The Morgan fingerprint density at radius 1 is 1.25 bits per heavy atom. The molecule has 1 aliphatic carbocycles. The molecule has 4 heteroatoms. The van der Waals surface area contributed by atoms with E-state index in [-0.39, 0.29) is 11.9 Å². The number of nitrogens with one attached hydrogen (secondary N) is 2. The number of amides is 1. The summed E-state index contributed by atoms with van der Waals surface area (Å²) in [5, 5.41) is 7.60. The van der Waals surface area contributed by atoms with Crippen LogP contribution >= 0.6 is 0 Å². The maximum atomic E-state index is 13.0. The molecule has 24 heavy (non-hydrogen) atoms. The lowest BCUT2D eigenvalue weighted by Crippen LogP contribution is -2.50. The fraction of sp³-hybridized carbons (Fsp3) is 0.500. The molecule has 1 saturated heterocycles. The van der Waals surface area contributed by atoms with Gasteiger partial charge in [-0.25, -0.2) is 0 Å². The molecule has 126 valence electrons. The summed E-state index contributed by atoms with van der Waals surface area (Å²) in [6, 6.07) is 8.41. The molecule has 2 fully saturated rings. The monoisotopic (exact) mass is 323 g/mol. The first kappa shape index (κ1) is 15.6. The van der Waals surface area contributed by atoms with Crippen molar-refractivity contribution in [1.29, 1.82) is 0 Å². The maximum absolute atomic E-state index is 13.0. The Labute approximate surface area is 143 Å². The van der Waals surface area contributed by atoms with Crippen LogP contribution < -0.4 is 10.6 Å². The van der Waals surface area contributed by atoms with Crippen LogP contribution in [-0.2, 0) is 0 Å². The topological polar surface area (TPSA) is 54.0 Å². The van der Waals surface area contributed by atoms with Gasteiger partial charge in [0.1, 0.15) is 0 Å². The predicted molar refractivity (Wildman–Crippen MR) is 96.4 cm³/mol. The highest BCUT2D eigenvalue weighted by Crippen LogP contribution is 2.40. The molecule has 2 N–H and O–H groups in total. The summed E-state index contributed by atoms with van der Waals surface area (Å²) in [6.45, 7) is 6.17. The van der Waals surface area contributed by atoms with Gasteiger partial charge in [0, 0.05) is 29.6 Å². The smallest absolute Gasteiger partial charge is 0.252 e. The highest BCUT2D eigenvalue weighted by atomic mass is 16.1. The molecule has 1 aliphatic heterocycles. The van der Waals surface area contributed by atoms with Crippen LogP contribution in [0.1, 0.15) is 53.7 Å². The first-order valence-electron chi connectivity index (χ1n) is 9.04. The van der Waals surface area contributed by atoms with E-state index in [0.717, 1.165) is 47.2 Å². The Bertz CT molecular complexity index is 782. The van der Waals surface area contributed by atoms with Crippen molar-refractivity contribution in [3.05, 3.63) is 41.1 Å². The third-order valence-electron chi connectivity index (χ3n) is 5.37. The van der Waals surface area contributed by atoms with Crippen molar-refractivity contribution in [2.75, 3.05) is 13.1 Å². The lowest BCUT2D eigenvalue weighted by molar-refractivity contribution is 0.0917. The van der Waals surface area contributed by atoms with Crippen molar-refractivity contribution in [3.8, 4) is 0 Å². The molecule has 0 radical (unpaired) electrons. The van der Waals surface area contributed by atoms with Gasteiger partial charge in [0.25, 0.3) is 5.91 Å². The number of fused-ring (bicyclic) bond motifs is 1. The van der Waals surface area contributed by atoms with Crippen LogP contribution in [0.2, 0.25) is 0 Å². The number of pyridine rings is 1. The van der Waals surface area contributed by atoms with Crippen LogP contribution in [0.4, 0.5) is 0 Å². The largest absolute Gasteiger partial charge is 0.348 e. The molecule has 2 aromatic rings. The number of hydrogen-bond acceptors (Lipinski definition) is 3. The maximum Gasteiger partial charge on any atom is 0.252 e. The second-order valence-electron chi connectivity index (χ2n) is 7.44. The summed E-state index contributed by atoms with van der Waals surface area (Å²) in [4.78, 5) is 17.8. The van der Waals surface area contributed by atoms with Crippen LogP contribution in [0.15, 0.2) is 24.3 Å². The van der Waals surface area contributed by atoms with Crippen molar-refractivity contribution in [1.82, 2.24) is 15.6 Å². The quantitative estimate of drug-likeness (QED) is 0.912. The van der Waals surface area contributed by atoms with Gasteiger partial charge in [0.15, 0.2) is 0 Å². The van der Waals surface area contributed by atoms with Gasteiger partial charge in [-0.05, 0) is 56.8 Å². The minimum Gasteiger partial charge on any atom is -0.348 e. The van der Waals surface area contributed by atoms with Crippen molar-refractivity contribution < 1.29 is 4.79 Å². The van der Waals surface area contributed by atoms with E-state index in [1.165, 1.54) is 12.8 Å². The molecule has 4 rings (SSSR count). The number of carbonyl (C=O) groups excluding carboxylic acids is 1. The van der Waals surface area contributed by atoms with Crippen LogP contribution in [0.3, 0.4) is 0 Å². The number of hydrogen-bond donors (Lipinski definition) is 2. The molecule has 2 heterocycles. The average Bonchev–Trinajstić information content (AvgIpc) is 3.41. The summed E-state index contributed by atoms with van der Waals surface area (Å²) in [5.74, 6) is 1.08. The van der Waals surface area contributed by atoms with E-state index >= 15 is 0 Å². The fourth-order valence-corrected chi connectivity index (χ4v) is 3.57. The molecular weight excluding hydrogens is 298 g/mol. The predicted octanol–water partition coefficient (Wildman–Crippen LogP) is 3.15. The highest BCUT2D eigenvalue weighted by molar-refractivity contribution is 6.06. The number of aromatic nitrogens is 1. The van der Waals surface area contributed by atoms with Gasteiger partial charge >= 0.3 is 0 Å². The standard InChI is InChI=1S/C20H25N3O/c1-12-3-6-17-15(9-12)16(10-18(22-17)14-4-5-14)20(24)23-19-11-21-8-7-13(19)2/h3,6,9-10,13-14,19,21H,4-5,7-8,11H2,1-2H3,(H,23,24). The van der Waals surface area contributed by atoms with E-state index in [1.807, 2.05) is 12.1 Å². The van der Waals surface area contributed by atoms with Gasteiger partial charge in [-0.15, -0.1) is 0 Å². The summed E-state index contributed by atoms with van der Waals surface area (Å²) in [5.41, 5.74) is 3.95. The molecule has 2 unspecified atom stereocenters. The third kappa shape index (κ3) is 3.03. The minimum atomic E-state index is 0.0375. The molecular formula is C20H25N3O. The van der Waals surface area contributed by atoms with Gasteiger partial charge in [0.2, 0.25) is 0 Å². The van der Waals surface area contributed by atoms with E-state index in [0.29, 0.717) is 11.8 Å². The summed E-state index contributed by atoms with van der Waals surface area (Å²) in [7, 11) is 0. The zero-order valence-electron chi connectivity index (χ0n) is 14.4. The highest BCUT2D eigenvalue weighted by Gasteiger charge is 2.28. The van der Waals surface area contributed by atoms with Crippen LogP contribution in [0.25, 0.3) is 10.9 Å².